The molecule has 0 radical (unpaired) electrons. The molecule has 1 unspecified atom stereocenters. The zero-order valence-electron chi connectivity index (χ0n) is 9.61. The van der Waals surface area contributed by atoms with Gasteiger partial charge in [0.25, 0.3) is 0 Å². The molecule has 86 valence electrons. The minimum Gasteiger partial charge on any atom is -0.355 e. The van der Waals surface area contributed by atoms with Crippen molar-refractivity contribution in [2.24, 2.45) is 0 Å². The number of nitrogens with zero attached hydrogens (tertiary/aromatic N) is 1. The van der Waals surface area contributed by atoms with Crippen LogP contribution in [-0.2, 0) is 9.47 Å². The maximum absolute atomic E-state index is 5.09. The number of hydrogen-bond acceptors (Lipinski definition) is 5. The third-order valence-corrected chi connectivity index (χ3v) is 3.22. The molecule has 0 aromatic carbocycles. The van der Waals surface area contributed by atoms with Gasteiger partial charge in [0.2, 0.25) is 0 Å². The van der Waals surface area contributed by atoms with Crippen molar-refractivity contribution in [3.8, 4) is 0 Å². The fourth-order valence-electron chi connectivity index (χ4n) is 1.20. The minimum absolute atomic E-state index is 0.200. The summed E-state index contributed by atoms with van der Waals surface area (Å²) in [6.07, 6.45) is 1.69. The molecule has 15 heavy (non-hydrogen) atoms. The maximum atomic E-state index is 5.09. The summed E-state index contributed by atoms with van der Waals surface area (Å²) in [4.78, 5) is 5.55. The van der Waals surface area contributed by atoms with E-state index in [0.29, 0.717) is 6.54 Å². The van der Waals surface area contributed by atoms with Crippen molar-refractivity contribution >= 4 is 11.3 Å². The standard InChI is InChI=1S/C10H18N2O2S/c1-7-5-12-10(15-7)8(2)11-6-9(13-3)14-4/h5,8-9,11H,6H2,1-4H3. The largest absolute Gasteiger partial charge is 0.355 e. The van der Waals surface area contributed by atoms with Gasteiger partial charge in [0.15, 0.2) is 6.29 Å². The first-order chi connectivity index (χ1) is 7.17. The predicted molar refractivity (Wildman–Crippen MR) is 61.1 cm³/mol. The van der Waals surface area contributed by atoms with Crippen LogP contribution in [0.2, 0.25) is 0 Å². The topological polar surface area (TPSA) is 43.4 Å². The Morgan fingerprint density at radius 2 is 2.13 bits per heavy atom. The Morgan fingerprint density at radius 3 is 2.60 bits per heavy atom. The van der Waals surface area contributed by atoms with E-state index in [4.69, 9.17) is 9.47 Å². The van der Waals surface area contributed by atoms with Gasteiger partial charge in [0, 0.05) is 31.8 Å². The van der Waals surface area contributed by atoms with Crippen molar-refractivity contribution in [3.05, 3.63) is 16.1 Å². The Bertz CT molecular complexity index is 287. The summed E-state index contributed by atoms with van der Waals surface area (Å²) in [5, 5.41) is 4.41. The third-order valence-electron chi connectivity index (χ3n) is 2.13. The smallest absolute Gasteiger partial charge is 0.169 e. The fraction of sp³-hybridized carbons (Fsp3) is 0.700. The molecule has 1 atom stereocenters. The van der Waals surface area contributed by atoms with Crippen molar-refractivity contribution in [2.75, 3.05) is 20.8 Å². The van der Waals surface area contributed by atoms with Crippen molar-refractivity contribution in [3.63, 3.8) is 0 Å². The SMILES string of the molecule is COC(CNC(C)c1ncc(C)s1)OC. The van der Waals surface area contributed by atoms with Gasteiger partial charge in [-0.25, -0.2) is 4.98 Å². The summed E-state index contributed by atoms with van der Waals surface area (Å²) in [5.74, 6) is 0. The highest BCUT2D eigenvalue weighted by molar-refractivity contribution is 7.11. The Morgan fingerprint density at radius 1 is 1.47 bits per heavy atom. The van der Waals surface area contributed by atoms with Crippen LogP contribution in [0.4, 0.5) is 0 Å². The maximum Gasteiger partial charge on any atom is 0.169 e. The van der Waals surface area contributed by atoms with Crippen LogP contribution in [0, 0.1) is 6.92 Å². The highest BCUT2D eigenvalue weighted by atomic mass is 32.1. The Labute approximate surface area is 94.6 Å². The number of rotatable bonds is 6. The molecule has 5 heteroatoms. The van der Waals surface area contributed by atoms with Crippen LogP contribution in [0.5, 0.6) is 0 Å². The second kappa shape index (κ2) is 6.17. The lowest BCUT2D eigenvalue weighted by Crippen LogP contribution is -2.31. The number of aromatic nitrogens is 1. The fourth-order valence-corrected chi connectivity index (χ4v) is 2.00. The second-order valence-corrected chi connectivity index (χ2v) is 4.61. The van der Waals surface area contributed by atoms with Crippen LogP contribution >= 0.6 is 11.3 Å². The molecule has 0 spiro atoms. The van der Waals surface area contributed by atoms with Gasteiger partial charge in [-0.2, -0.15) is 0 Å². The Balaban J connectivity index is 2.39. The van der Waals surface area contributed by atoms with Crippen molar-refractivity contribution in [1.82, 2.24) is 10.3 Å². The molecule has 0 aliphatic carbocycles. The molecule has 1 aromatic rings. The number of ether oxygens (including phenoxy) is 2. The molecule has 0 amide bonds. The van der Waals surface area contributed by atoms with Gasteiger partial charge < -0.3 is 14.8 Å². The number of aryl methyl sites for hydroxylation is 1. The monoisotopic (exact) mass is 230 g/mol. The lowest BCUT2D eigenvalue weighted by atomic mass is 10.3. The molecular weight excluding hydrogens is 212 g/mol. The van der Waals surface area contributed by atoms with Crippen LogP contribution in [0.15, 0.2) is 6.20 Å². The number of nitrogens with one attached hydrogen (secondary N) is 1. The van der Waals surface area contributed by atoms with E-state index < -0.39 is 0 Å². The van der Waals surface area contributed by atoms with E-state index in [-0.39, 0.29) is 12.3 Å². The highest BCUT2D eigenvalue weighted by Crippen LogP contribution is 2.18. The Hall–Kier alpha value is -0.490. The summed E-state index contributed by atoms with van der Waals surface area (Å²) in [6.45, 7) is 4.80. The number of thiazole rings is 1. The first-order valence-electron chi connectivity index (χ1n) is 4.88. The van der Waals surface area contributed by atoms with E-state index in [1.807, 2.05) is 6.20 Å². The van der Waals surface area contributed by atoms with Gasteiger partial charge in [0.05, 0.1) is 6.04 Å². The van der Waals surface area contributed by atoms with Crippen molar-refractivity contribution in [2.45, 2.75) is 26.2 Å². The highest BCUT2D eigenvalue weighted by Gasteiger charge is 2.11. The molecule has 0 saturated heterocycles. The van der Waals surface area contributed by atoms with E-state index in [0.717, 1.165) is 5.01 Å². The van der Waals surface area contributed by atoms with E-state index in [1.54, 1.807) is 25.6 Å². The predicted octanol–water partition coefficient (Wildman–Crippen LogP) is 1.72. The van der Waals surface area contributed by atoms with Gasteiger partial charge in [-0.05, 0) is 13.8 Å². The van der Waals surface area contributed by atoms with E-state index in [1.165, 1.54) is 4.88 Å². The van der Waals surface area contributed by atoms with Gasteiger partial charge in [-0.3, -0.25) is 0 Å². The molecule has 1 aromatic heterocycles. The zero-order valence-corrected chi connectivity index (χ0v) is 10.4. The summed E-state index contributed by atoms with van der Waals surface area (Å²) in [5.41, 5.74) is 0. The van der Waals surface area contributed by atoms with Gasteiger partial charge in [-0.1, -0.05) is 0 Å². The molecule has 4 nitrogen and oxygen atoms in total. The van der Waals surface area contributed by atoms with E-state index >= 15 is 0 Å². The molecule has 0 fully saturated rings. The normalized spacial score (nSPS) is 13.4. The van der Waals surface area contributed by atoms with Crippen LogP contribution in [0.3, 0.4) is 0 Å². The van der Waals surface area contributed by atoms with Gasteiger partial charge in [-0.15, -0.1) is 11.3 Å². The lowest BCUT2D eigenvalue weighted by Gasteiger charge is -2.17. The summed E-state index contributed by atoms with van der Waals surface area (Å²) < 4.78 is 10.2. The molecule has 0 bridgehead atoms. The third kappa shape index (κ3) is 3.87. The number of hydrogen-bond donors (Lipinski definition) is 1. The summed E-state index contributed by atoms with van der Waals surface area (Å²) in [6, 6.07) is 0.233. The second-order valence-electron chi connectivity index (χ2n) is 3.34. The molecule has 1 rings (SSSR count). The molecule has 0 aliphatic heterocycles. The minimum atomic E-state index is -0.200. The van der Waals surface area contributed by atoms with Gasteiger partial charge in [0.1, 0.15) is 5.01 Å². The first kappa shape index (κ1) is 12.6. The average molecular weight is 230 g/mol. The molecule has 1 N–H and O–H groups in total. The van der Waals surface area contributed by atoms with Crippen LogP contribution in [-0.4, -0.2) is 32.0 Å². The number of methoxy groups -OCH3 is 2. The van der Waals surface area contributed by atoms with Gasteiger partial charge >= 0.3 is 0 Å². The first-order valence-corrected chi connectivity index (χ1v) is 5.70. The quantitative estimate of drug-likeness (QED) is 0.756. The van der Waals surface area contributed by atoms with E-state index in [9.17, 15) is 0 Å². The Kier molecular flexibility index (Phi) is 5.17. The van der Waals surface area contributed by atoms with Crippen molar-refractivity contribution in [1.29, 1.82) is 0 Å². The van der Waals surface area contributed by atoms with Crippen LogP contribution in [0.1, 0.15) is 22.9 Å². The van der Waals surface area contributed by atoms with E-state index in [2.05, 4.69) is 24.1 Å². The van der Waals surface area contributed by atoms with Crippen LogP contribution < -0.4 is 5.32 Å². The van der Waals surface area contributed by atoms with Crippen molar-refractivity contribution < 1.29 is 9.47 Å². The molecular formula is C10H18N2O2S. The molecule has 0 saturated carbocycles. The zero-order chi connectivity index (χ0) is 11.3. The van der Waals surface area contributed by atoms with Crippen LogP contribution in [0.25, 0.3) is 0 Å². The lowest BCUT2D eigenvalue weighted by molar-refractivity contribution is -0.0997. The molecule has 0 aliphatic rings. The summed E-state index contributed by atoms with van der Waals surface area (Å²) in [7, 11) is 3.27. The summed E-state index contributed by atoms with van der Waals surface area (Å²) >= 11 is 1.71. The molecule has 1 heterocycles. The average Bonchev–Trinajstić information content (AvgIpc) is 2.66.